The van der Waals surface area contributed by atoms with E-state index in [0.29, 0.717) is 12.1 Å². The Bertz CT molecular complexity index is 406. The third kappa shape index (κ3) is 5.14. The molecule has 0 heterocycles. The molecule has 1 aromatic carbocycles. The molecular weight excluding hydrogens is 254 g/mol. The predicted octanol–water partition coefficient (Wildman–Crippen LogP) is 5.50. The molecule has 1 aliphatic carbocycles. The van der Waals surface area contributed by atoms with Crippen molar-refractivity contribution in [3.8, 4) is 0 Å². The Balaban J connectivity index is 1.87. The summed E-state index contributed by atoms with van der Waals surface area (Å²) < 4.78 is 0. The van der Waals surface area contributed by atoms with Gasteiger partial charge in [0, 0.05) is 12.1 Å². The van der Waals surface area contributed by atoms with Crippen molar-refractivity contribution < 1.29 is 0 Å². The summed E-state index contributed by atoms with van der Waals surface area (Å²) in [6, 6.07) is 10.3. The molecule has 1 aromatic rings. The molecule has 0 spiro atoms. The van der Waals surface area contributed by atoms with Gasteiger partial charge in [-0.15, -0.1) is 0 Å². The summed E-state index contributed by atoms with van der Waals surface area (Å²) in [5.41, 5.74) is 2.86. The van der Waals surface area contributed by atoms with Crippen LogP contribution in [-0.2, 0) is 6.42 Å². The van der Waals surface area contributed by atoms with E-state index in [1.54, 1.807) is 0 Å². The van der Waals surface area contributed by atoms with Crippen LogP contribution in [0.3, 0.4) is 0 Å². The average Bonchev–Trinajstić information content (AvgIpc) is 2.47. The highest BCUT2D eigenvalue weighted by Crippen LogP contribution is 2.30. The molecule has 0 bridgehead atoms. The Morgan fingerprint density at radius 1 is 1.10 bits per heavy atom. The highest BCUT2D eigenvalue weighted by Gasteiger charge is 2.23. The van der Waals surface area contributed by atoms with E-state index in [1.807, 2.05) is 0 Å². The Labute approximate surface area is 131 Å². The fourth-order valence-electron chi connectivity index (χ4n) is 3.81. The second-order valence-corrected chi connectivity index (χ2v) is 7.34. The molecule has 2 rings (SSSR count). The van der Waals surface area contributed by atoms with Crippen LogP contribution in [0.2, 0.25) is 0 Å². The average molecular weight is 287 g/mol. The molecule has 1 N–H and O–H groups in total. The monoisotopic (exact) mass is 287 g/mol. The minimum absolute atomic E-state index is 0.471. The van der Waals surface area contributed by atoms with E-state index in [0.717, 1.165) is 18.3 Å². The molecule has 1 heteroatoms. The molecule has 1 nitrogen and oxygen atoms in total. The summed E-state index contributed by atoms with van der Waals surface area (Å²) in [6.45, 7) is 9.24. The van der Waals surface area contributed by atoms with Crippen molar-refractivity contribution >= 4 is 0 Å². The summed E-state index contributed by atoms with van der Waals surface area (Å²) in [5.74, 6) is 1.78. The Morgan fingerprint density at radius 2 is 1.81 bits per heavy atom. The van der Waals surface area contributed by atoms with Gasteiger partial charge in [-0.25, -0.2) is 0 Å². The summed E-state index contributed by atoms with van der Waals surface area (Å²) in [7, 11) is 0. The van der Waals surface area contributed by atoms with Crippen LogP contribution in [-0.4, -0.2) is 6.04 Å². The van der Waals surface area contributed by atoms with E-state index in [2.05, 4.69) is 57.3 Å². The molecule has 0 saturated heterocycles. The van der Waals surface area contributed by atoms with Crippen LogP contribution in [0.4, 0.5) is 0 Å². The molecule has 1 saturated carbocycles. The lowest BCUT2D eigenvalue weighted by Crippen LogP contribution is -2.36. The first kappa shape index (κ1) is 16.5. The third-order valence-corrected chi connectivity index (χ3v) is 4.96. The van der Waals surface area contributed by atoms with Gasteiger partial charge in [0.2, 0.25) is 0 Å². The van der Waals surface area contributed by atoms with Gasteiger partial charge in [-0.1, -0.05) is 57.9 Å². The minimum Gasteiger partial charge on any atom is -0.307 e. The van der Waals surface area contributed by atoms with Gasteiger partial charge < -0.3 is 5.32 Å². The molecule has 3 unspecified atom stereocenters. The minimum atomic E-state index is 0.471. The Hall–Kier alpha value is -0.820. The molecule has 1 aliphatic rings. The van der Waals surface area contributed by atoms with Crippen LogP contribution < -0.4 is 5.32 Å². The highest BCUT2D eigenvalue weighted by atomic mass is 14.9. The standard InChI is InChI=1S/C20H33N/c1-5-17-9-11-19(12-10-17)16(4)21-20-8-6-7-18(14-20)13-15(2)3/h9-12,15-16,18,20-21H,5-8,13-14H2,1-4H3. The van der Waals surface area contributed by atoms with E-state index >= 15 is 0 Å². The van der Waals surface area contributed by atoms with Gasteiger partial charge in [-0.3, -0.25) is 0 Å². The van der Waals surface area contributed by atoms with Crippen molar-refractivity contribution in [2.45, 2.75) is 78.3 Å². The van der Waals surface area contributed by atoms with Crippen molar-refractivity contribution in [1.29, 1.82) is 0 Å². The van der Waals surface area contributed by atoms with Crippen molar-refractivity contribution in [1.82, 2.24) is 5.32 Å². The third-order valence-electron chi connectivity index (χ3n) is 4.96. The first-order valence-corrected chi connectivity index (χ1v) is 8.93. The van der Waals surface area contributed by atoms with E-state index in [-0.39, 0.29) is 0 Å². The zero-order valence-electron chi connectivity index (χ0n) is 14.4. The van der Waals surface area contributed by atoms with Gasteiger partial charge in [0.1, 0.15) is 0 Å². The van der Waals surface area contributed by atoms with Gasteiger partial charge in [0.25, 0.3) is 0 Å². The SMILES string of the molecule is CCc1ccc(C(C)NC2CCCC(CC(C)C)C2)cc1. The van der Waals surface area contributed by atoms with Crippen LogP contribution in [0.15, 0.2) is 24.3 Å². The summed E-state index contributed by atoms with van der Waals surface area (Å²) in [5, 5.41) is 3.88. The normalized spacial score (nSPS) is 24.2. The van der Waals surface area contributed by atoms with E-state index < -0.39 is 0 Å². The lowest BCUT2D eigenvalue weighted by atomic mass is 9.81. The number of aryl methyl sites for hydroxylation is 1. The topological polar surface area (TPSA) is 12.0 Å². The number of hydrogen-bond acceptors (Lipinski definition) is 1. The maximum absolute atomic E-state index is 3.88. The first-order chi connectivity index (χ1) is 10.1. The molecule has 0 radical (unpaired) electrons. The van der Waals surface area contributed by atoms with E-state index in [1.165, 1.54) is 43.2 Å². The largest absolute Gasteiger partial charge is 0.307 e. The first-order valence-electron chi connectivity index (χ1n) is 8.93. The Kier molecular flexibility index (Phi) is 6.29. The molecule has 1 fully saturated rings. The second kappa shape index (κ2) is 7.98. The van der Waals surface area contributed by atoms with E-state index in [9.17, 15) is 0 Å². The van der Waals surface area contributed by atoms with E-state index in [4.69, 9.17) is 0 Å². The maximum atomic E-state index is 3.88. The van der Waals surface area contributed by atoms with Crippen molar-refractivity contribution in [2.24, 2.45) is 11.8 Å². The lowest BCUT2D eigenvalue weighted by Gasteiger charge is -2.33. The predicted molar refractivity (Wildman–Crippen MR) is 92.6 cm³/mol. The van der Waals surface area contributed by atoms with Crippen LogP contribution in [0.1, 0.15) is 77.0 Å². The molecule has 0 amide bonds. The maximum Gasteiger partial charge on any atom is 0.0294 e. The molecule has 0 aliphatic heterocycles. The highest BCUT2D eigenvalue weighted by molar-refractivity contribution is 5.24. The van der Waals surface area contributed by atoms with Gasteiger partial charge in [-0.2, -0.15) is 0 Å². The molecule has 118 valence electrons. The number of hydrogen-bond donors (Lipinski definition) is 1. The van der Waals surface area contributed by atoms with Crippen molar-refractivity contribution in [2.75, 3.05) is 0 Å². The van der Waals surface area contributed by atoms with Gasteiger partial charge >= 0.3 is 0 Å². The van der Waals surface area contributed by atoms with Crippen LogP contribution in [0, 0.1) is 11.8 Å². The molecule has 21 heavy (non-hydrogen) atoms. The number of benzene rings is 1. The molecular formula is C20H33N. The van der Waals surface area contributed by atoms with Crippen molar-refractivity contribution in [3.63, 3.8) is 0 Å². The number of rotatable bonds is 6. The smallest absolute Gasteiger partial charge is 0.0294 e. The molecule has 0 aromatic heterocycles. The van der Waals surface area contributed by atoms with Crippen LogP contribution in [0.25, 0.3) is 0 Å². The Morgan fingerprint density at radius 3 is 2.43 bits per heavy atom. The number of nitrogens with one attached hydrogen (secondary N) is 1. The molecule has 3 atom stereocenters. The second-order valence-electron chi connectivity index (χ2n) is 7.34. The summed E-state index contributed by atoms with van der Waals surface area (Å²) in [6.07, 6.45) is 8.09. The van der Waals surface area contributed by atoms with Crippen LogP contribution >= 0.6 is 0 Å². The lowest BCUT2D eigenvalue weighted by molar-refractivity contribution is 0.242. The zero-order valence-corrected chi connectivity index (χ0v) is 14.4. The van der Waals surface area contributed by atoms with Gasteiger partial charge in [0.15, 0.2) is 0 Å². The fourth-order valence-corrected chi connectivity index (χ4v) is 3.81. The fraction of sp³-hybridized carbons (Fsp3) is 0.700. The summed E-state index contributed by atoms with van der Waals surface area (Å²) in [4.78, 5) is 0. The zero-order chi connectivity index (χ0) is 15.2. The van der Waals surface area contributed by atoms with Gasteiger partial charge in [-0.05, 0) is 55.6 Å². The quantitative estimate of drug-likeness (QED) is 0.728. The van der Waals surface area contributed by atoms with Crippen molar-refractivity contribution in [3.05, 3.63) is 35.4 Å². The van der Waals surface area contributed by atoms with Crippen LogP contribution in [0.5, 0.6) is 0 Å². The summed E-state index contributed by atoms with van der Waals surface area (Å²) >= 11 is 0. The van der Waals surface area contributed by atoms with Gasteiger partial charge in [0.05, 0.1) is 0 Å².